The van der Waals surface area contributed by atoms with Gasteiger partial charge in [-0.3, -0.25) is 4.79 Å². The molecule has 1 fully saturated rings. The maximum absolute atomic E-state index is 11.8. The summed E-state index contributed by atoms with van der Waals surface area (Å²) in [5.41, 5.74) is 1.82. The van der Waals surface area contributed by atoms with E-state index < -0.39 is 11.5 Å². The minimum absolute atomic E-state index is 0.246. The first kappa shape index (κ1) is 16.3. The number of hydrogen-bond acceptors (Lipinski definition) is 4. The first-order valence-corrected chi connectivity index (χ1v) is 8.13. The summed E-state index contributed by atoms with van der Waals surface area (Å²) in [5.74, 6) is -1.22. The third-order valence-corrected chi connectivity index (χ3v) is 4.50. The second-order valence-electron chi connectivity index (χ2n) is 5.89. The van der Waals surface area contributed by atoms with Gasteiger partial charge in [0.1, 0.15) is 5.56 Å². The van der Waals surface area contributed by atoms with E-state index in [-0.39, 0.29) is 5.56 Å². The van der Waals surface area contributed by atoms with Crippen molar-refractivity contribution < 1.29 is 9.90 Å². The van der Waals surface area contributed by atoms with Crippen LogP contribution in [0.15, 0.2) is 41.2 Å². The fourth-order valence-corrected chi connectivity index (χ4v) is 2.98. The van der Waals surface area contributed by atoms with Gasteiger partial charge in [0.2, 0.25) is 0 Å². The summed E-state index contributed by atoms with van der Waals surface area (Å²) in [5, 5.41) is 8.92. The van der Waals surface area contributed by atoms with Gasteiger partial charge in [0.05, 0.1) is 0 Å². The Labute approximate surface area is 140 Å². The Kier molecular flexibility index (Phi) is 4.66. The number of carboxylic acid groups (broad SMARTS) is 1. The molecule has 1 saturated heterocycles. The van der Waals surface area contributed by atoms with Crippen LogP contribution in [0.25, 0.3) is 11.3 Å². The Balaban J connectivity index is 1.76. The summed E-state index contributed by atoms with van der Waals surface area (Å²) >= 11 is 0. The van der Waals surface area contributed by atoms with Crippen LogP contribution < -0.4 is 10.5 Å². The van der Waals surface area contributed by atoms with Crippen LogP contribution in [-0.2, 0) is 0 Å². The van der Waals surface area contributed by atoms with Crippen LogP contribution >= 0.6 is 0 Å². The van der Waals surface area contributed by atoms with Crippen LogP contribution in [0.1, 0.15) is 17.3 Å². The van der Waals surface area contributed by atoms with Crippen LogP contribution in [0.4, 0.5) is 5.69 Å². The van der Waals surface area contributed by atoms with Crippen molar-refractivity contribution >= 4 is 11.7 Å². The van der Waals surface area contributed by atoms with E-state index in [4.69, 9.17) is 5.11 Å². The molecule has 24 heavy (non-hydrogen) atoms. The normalized spacial score (nSPS) is 15.5. The smallest absolute Gasteiger partial charge is 0.341 e. The second-order valence-corrected chi connectivity index (χ2v) is 5.89. The number of aromatic amines is 1. The number of hydrogen-bond donors (Lipinski definition) is 2. The van der Waals surface area contributed by atoms with Crippen molar-refractivity contribution in [2.75, 3.05) is 37.6 Å². The summed E-state index contributed by atoms with van der Waals surface area (Å²) in [6, 6.07) is 11.0. The van der Waals surface area contributed by atoms with Crippen LogP contribution in [0.3, 0.4) is 0 Å². The van der Waals surface area contributed by atoms with E-state index in [0.717, 1.165) is 38.3 Å². The molecule has 6 heteroatoms. The maximum atomic E-state index is 11.8. The third kappa shape index (κ3) is 3.33. The molecular weight excluding hydrogens is 306 g/mol. The molecule has 1 aromatic heterocycles. The average Bonchev–Trinajstić information content (AvgIpc) is 2.61. The van der Waals surface area contributed by atoms with Crippen molar-refractivity contribution in [3.05, 3.63) is 52.3 Å². The molecule has 0 radical (unpaired) electrons. The van der Waals surface area contributed by atoms with Crippen LogP contribution in [0.5, 0.6) is 0 Å². The number of rotatable bonds is 4. The van der Waals surface area contributed by atoms with E-state index in [1.54, 1.807) is 6.07 Å². The van der Waals surface area contributed by atoms with Gasteiger partial charge in [-0.1, -0.05) is 19.1 Å². The highest BCUT2D eigenvalue weighted by atomic mass is 16.4. The third-order valence-electron chi connectivity index (χ3n) is 4.50. The highest BCUT2D eigenvalue weighted by molar-refractivity contribution is 5.87. The van der Waals surface area contributed by atoms with Crippen LogP contribution in [0.2, 0.25) is 0 Å². The van der Waals surface area contributed by atoms with Gasteiger partial charge in [0.25, 0.3) is 5.56 Å². The highest BCUT2D eigenvalue weighted by Crippen LogP contribution is 2.22. The molecule has 0 spiro atoms. The molecule has 2 heterocycles. The second kappa shape index (κ2) is 6.88. The fourth-order valence-electron chi connectivity index (χ4n) is 2.98. The molecule has 1 aromatic carbocycles. The number of aromatic nitrogens is 1. The molecule has 0 saturated carbocycles. The first-order chi connectivity index (χ1) is 11.6. The maximum Gasteiger partial charge on any atom is 0.341 e. The number of carboxylic acids is 1. The Morgan fingerprint density at radius 2 is 1.75 bits per heavy atom. The SMILES string of the molecule is CCN1CCN(c2ccc(-c3ccc(C(=O)O)c(=O)[nH]3)cc2)CC1. The number of likely N-dealkylation sites (N-methyl/N-ethyl adjacent to an activating group) is 1. The molecule has 126 valence electrons. The monoisotopic (exact) mass is 327 g/mol. The quantitative estimate of drug-likeness (QED) is 0.897. The highest BCUT2D eigenvalue weighted by Gasteiger charge is 2.16. The van der Waals surface area contributed by atoms with Gasteiger partial charge < -0.3 is 19.9 Å². The Morgan fingerprint density at radius 1 is 1.08 bits per heavy atom. The van der Waals surface area contributed by atoms with Gasteiger partial charge in [-0.05, 0) is 36.4 Å². The zero-order chi connectivity index (χ0) is 17.1. The minimum Gasteiger partial charge on any atom is -0.477 e. The lowest BCUT2D eigenvalue weighted by Crippen LogP contribution is -2.46. The lowest BCUT2D eigenvalue weighted by Gasteiger charge is -2.35. The number of benzene rings is 1. The van der Waals surface area contributed by atoms with E-state index in [1.165, 1.54) is 11.8 Å². The molecule has 6 nitrogen and oxygen atoms in total. The Hall–Kier alpha value is -2.60. The number of piperazine rings is 1. The predicted octanol–water partition coefficient (Wildman–Crippen LogP) is 1.88. The lowest BCUT2D eigenvalue weighted by atomic mass is 10.1. The topological polar surface area (TPSA) is 76.6 Å². The predicted molar refractivity (Wildman–Crippen MR) is 93.8 cm³/mol. The number of nitrogens with zero attached hydrogens (tertiary/aromatic N) is 2. The number of carbonyl (C=O) groups is 1. The molecule has 1 aliphatic rings. The summed E-state index contributed by atoms with van der Waals surface area (Å²) in [7, 11) is 0. The number of anilines is 1. The minimum atomic E-state index is -1.22. The van der Waals surface area contributed by atoms with Gasteiger partial charge in [0, 0.05) is 37.6 Å². The average molecular weight is 327 g/mol. The molecule has 0 atom stereocenters. The molecule has 1 aliphatic heterocycles. The van der Waals surface area contributed by atoms with E-state index in [1.807, 2.05) is 24.3 Å². The van der Waals surface area contributed by atoms with Crippen molar-refractivity contribution in [1.82, 2.24) is 9.88 Å². The fraction of sp³-hybridized carbons (Fsp3) is 0.333. The Morgan fingerprint density at radius 3 is 2.29 bits per heavy atom. The molecule has 0 unspecified atom stereocenters. The van der Waals surface area contributed by atoms with E-state index in [2.05, 4.69) is 21.7 Å². The first-order valence-electron chi connectivity index (χ1n) is 8.13. The molecule has 3 rings (SSSR count). The zero-order valence-corrected chi connectivity index (χ0v) is 13.7. The summed E-state index contributed by atoms with van der Waals surface area (Å²) < 4.78 is 0. The van der Waals surface area contributed by atoms with E-state index >= 15 is 0 Å². The number of aromatic carboxylic acids is 1. The van der Waals surface area contributed by atoms with Gasteiger partial charge in [-0.2, -0.15) is 0 Å². The van der Waals surface area contributed by atoms with Crippen molar-refractivity contribution in [3.8, 4) is 11.3 Å². The van der Waals surface area contributed by atoms with Crippen LogP contribution in [-0.4, -0.2) is 53.7 Å². The summed E-state index contributed by atoms with van der Waals surface area (Å²) in [4.78, 5) is 30.1. The standard InChI is InChI=1S/C18H21N3O3/c1-2-20-9-11-21(12-10-20)14-5-3-13(4-6-14)16-8-7-15(18(23)24)17(22)19-16/h3-8H,2,9-12H2,1H3,(H,19,22)(H,23,24). The van der Waals surface area contributed by atoms with Crippen molar-refractivity contribution in [3.63, 3.8) is 0 Å². The summed E-state index contributed by atoms with van der Waals surface area (Å²) in [6.45, 7) is 7.44. The lowest BCUT2D eigenvalue weighted by molar-refractivity contribution is 0.0695. The van der Waals surface area contributed by atoms with Crippen molar-refractivity contribution in [1.29, 1.82) is 0 Å². The Bertz CT molecular complexity index is 775. The van der Waals surface area contributed by atoms with E-state index in [0.29, 0.717) is 5.69 Å². The summed E-state index contributed by atoms with van der Waals surface area (Å²) in [6.07, 6.45) is 0. The molecule has 0 bridgehead atoms. The van der Waals surface area contributed by atoms with Gasteiger partial charge in [0.15, 0.2) is 0 Å². The van der Waals surface area contributed by atoms with Gasteiger partial charge in [-0.15, -0.1) is 0 Å². The van der Waals surface area contributed by atoms with E-state index in [9.17, 15) is 9.59 Å². The van der Waals surface area contributed by atoms with Crippen molar-refractivity contribution in [2.45, 2.75) is 6.92 Å². The number of nitrogens with one attached hydrogen (secondary N) is 1. The molecule has 2 aromatic rings. The molecule has 2 N–H and O–H groups in total. The number of pyridine rings is 1. The van der Waals surface area contributed by atoms with Gasteiger partial charge >= 0.3 is 5.97 Å². The molecular formula is C18H21N3O3. The zero-order valence-electron chi connectivity index (χ0n) is 13.7. The number of H-pyrrole nitrogens is 1. The van der Waals surface area contributed by atoms with Crippen LogP contribution in [0, 0.1) is 0 Å². The largest absolute Gasteiger partial charge is 0.477 e. The van der Waals surface area contributed by atoms with Crippen molar-refractivity contribution in [2.24, 2.45) is 0 Å². The molecule has 0 amide bonds. The molecule has 0 aliphatic carbocycles. The van der Waals surface area contributed by atoms with Gasteiger partial charge in [-0.25, -0.2) is 4.79 Å².